The van der Waals surface area contributed by atoms with Gasteiger partial charge in [-0.05, 0) is 141 Å². The molecule has 1 heteroatoms. The van der Waals surface area contributed by atoms with Crippen LogP contribution in [-0.4, -0.2) is 5.78 Å². The van der Waals surface area contributed by atoms with Crippen molar-refractivity contribution in [1.82, 2.24) is 0 Å². The summed E-state index contributed by atoms with van der Waals surface area (Å²) in [6.07, 6.45) is 13.7. The van der Waals surface area contributed by atoms with Crippen molar-refractivity contribution in [3.63, 3.8) is 0 Å². The van der Waals surface area contributed by atoms with Gasteiger partial charge in [-0.15, -0.1) is 0 Å². The number of hydrogen-bond donors (Lipinski definition) is 0. The molecule has 10 saturated carbocycles. The number of ketones is 1. The van der Waals surface area contributed by atoms with Crippen LogP contribution in [0, 0.1) is 94.7 Å². The first-order chi connectivity index (χ1) is 13.3. The molecule has 0 aromatic carbocycles. The minimum atomic E-state index is 0.557. The Kier molecular flexibility index (Phi) is 2.38. The Morgan fingerprint density at radius 2 is 0.926 bits per heavy atom. The standard InChI is InChI=1S/C26H34O/c27-26-24-15-6-5-14(18-10-1-2-11(7-10)19(15)18)22(24)23-16-9-17(25(23)26)21-13-4-3-12(8-13)20(16)21/h10-25H,1-9H2/t10-,11-,12-,13-,14-,15-,16-,17-,18-,19-,20+,21-,22-,23+,24+,25-/m1/s1. The fourth-order valence-corrected chi connectivity index (χ4v) is 13.5. The molecule has 1 nitrogen and oxygen atoms in total. The van der Waals surface area contributed by atoms with Gasteiger partial charge >= 0.3 is 0 Å². The Morgan fingerprint density at radius 1 is 0.444 bits per heavy atom. The lowest BCUT2D eigenvalue weighted by Gasteiger charge is -2.58. The molecule has 10 fully saturated rings. The molecule has 0 radical (unpaired) electrons. The van der Waals surface area contributed by atoms with Crippen LogP contribution in [0.5, 0.6) is 0 Å². The lowest BCUT2D eigenvalue weighted by molar-refractivity contribution is -0.140. The van der Waals surface area contributed by atoms with E-state index in [0.717, 1.165) is 88.6 Å². The SMILES string of the molecule is O=C1[C@@H]2[C@@H]3C[C@@H]([C@H]2[C@H]2[C@@H]4CC[C@@H]([C@H]12)[C@H]1[C@@H]2CC[C@H](C2)[C@H]41)[C@@H]1[C@@H]2CC[C@H](C2)[C@H]31. The zero-order chi connectivity index (χ0) is 17.2. The average molecular weight is 363 g/mol. The molecule has 10 aliphatic carbocycles. The monoisotopic (exact) mass is 362 g/mol. The van der Waals surface area contributed by atoms with Crippen LogP contribution in [0.25, 0.3) is 0 Å². The lowest BCUT2D eigenvalue weighted by atomic mass is 9.46. The third-order valence-corrected chi connectivity index (χ3v) is 13.3. The Bertz CT molecular complexity index is 755. The van der Waals surface area contributed by atoms with Crippen molar-refractivity contribution in [2.45, 2.75) is 57.8 Å². The molecular formula is C26H34O. The van der Waals surface area contributed by atoms with Crippen molar-refractivity contribution in [2.24, 2.45) is 94.7 Å². The molecule has 0 N–H and O–H groups in total. The van der Waals surface area contributed by atoms with Gasteiger partial charge < -0.3 is 0 Å². The van der Waals surface area contributed by atoms with E-state index < -0.39 is 0 Å². The van der Waals surface area contributed by atoms with Crippen LogP contribution in [0.3, 0.4) is 0 Å². The van der Waals surface area contributed by atoms with E-state index in [4.69, 9.17) is 0 Å². The van der Waals surface area contributed by atoms with Gasteiger partial charge in [0.25, 0.3) is 0 Å². The maximum atomic E-state index is 14.0. The summed E-state index contributed by atoms with van der Waals surface area (Å²) < 4.78 is 0. The van der Waals surface area contributed by atoms with Crippen LogP contribution >= 0.6 is 0 Å². The van der Waals surface area contributed by atoms with Crippen LogP contribution in [0.15, 0.2) is 0 Å². The van der Waals surface area contributed by atoms with Gasteiger partial charge in [-0.1, -0.05) is 0 Å². The number of fused-ring (bicyclic) bond motifs is 15. The smallest absolute Gasteiger partial charge is 0.140 e. The van der Waals surface area contributed by atoms with Gasteiger partial charge in [-0.3, -0.25) is 4.79 Å². The zero-order valence-corrected chi connectivity index (χ0v) is 16.5. The number of carbonyl (C=O) groups excluding carboxylic acids is 1. The molecule has 144 valence electrons. The summed E-state index contributed by atoms with van der Waals surface area (Å²) in [6, 6.07) is 0. The van der Waals surface area contributed by atoms with Gasteiger partial charge in [0.05, 0.1) is 0 Å². The second-order valence-corrected chi connectivity index (χ2v) is 13.1. The molecule has 8 bridgehead atoms. The van der Waals surface area contributed by atoms with E-state index in [0.29, 0.717) is 11.8 Å². The van der Waals surface area contributed by atoms with Crippen LogP contribution in [-0.2, 0) is 4.79 Å². The van der Waals surface area contributed by atoms with Gasteiger partial charge in [-0.25, -0.2) is 0 Å². The zero-order valence-electron chi connectivity index (χ0n) is 16.5. The normalized spacial score (nSPS) is 73.4. The van der Waals surface area contributed by atoms with Crippen LogP contribution in [0.4, 0.5) is 0 Å². The van der Waals surface area contributed by atoms with E-state index in [1.807, 2.05) is 0 Å². The lowest BCUT2D eigenvalue weighted by Crippen LogP contribution is -2.54. The molecule has 16 atom stereocenters. The Balaban J connectivity index is 1.17. The minimum Gasteiger partial charge on any atom is -0.299 e. The largest absolute Gasteiger partial charge is 0.299 e. The third-order valence-electron chi connectivity index (χ3n) is 13.3. The molecule has 27 heavy (non-hydrogen) atoms. The molecule has 0 aliphatic heterocycles. The summed E-state index contributed by atoms with van der Waals surface area (Å²) in [6.45, 7) is 0. The molecular weight excluding hydrogens is 328 g/mol. The molecule has 0 aromatic heterocycles. The average Bonchev–Trinajstić information content (AvgIpc) is 3.51. The molecule has 0 heterocycles. The summed E-state index contributed by atoms with van der Waals surface area (Å²) in [7, 11) is 0. The van der Waals surface area contributed by atoms with Crippen molar-refractivity contribution >= 4 is 5.78 Å². The third kappa shape index (κ3) is 1.36. The Labute approximate surface area is 163 Å². The summed E-state index contributed by atoms with van der Waals surface area (Å²) in [5.41, 5.74) is 0. The topological polar surface area (TPSA) is 17.1 Å². The highest BCUT2D eigenvalue weighted by molar-refractivity contribution is 5.88. The maximum absolute atomic E-state index is 14.0. The Morgan fingerprint density at radius 3 is 1.63 bits per heavy atom. The second kappa shape index (κ2) is 4.39. The molecule has 0 saturated heterocycles. The number of rotatable bonds is 0. The summed E-state index contributed by atoms with van der Waals surface area (Å²) in [4.78, 5) is 14.0. The van der Waals surface area contributed by atoms with Crippen molar-refractivity contribution in [2.75, 3.05) is 0 Å². The van der Waals surface area contributed by atoms with Crippen molar-refractivity contribution < 1.29 is 4.79 Å². The number of Topliss-reactive ketones (excluding diaryl/α,β-unsaturated/α-hetero) is 1. The van der Waals surface area contributed by atoms with E-state index in [1.54, 1.807) is 25.7 Å². The summed E-state index contributed by atoms with van der Waals surface area (Å²) >= 11 is 0. The Hall–Kier alpha value is -0.330. The highest BCUT2D eigenvalue weighted by atomic mass is 16.1. The fraction of sp³-hybridized carbons (Fsp3) is 0.962. The van der Waals surface area contributed by atoms with Crippen LogP contribution in [0.1, 0.15) is 57.8 Å². The highest BCUT2D eigenvalue weighted by Crippen LogP contribution is 2.78. The van der Waals surface area contributed by atoms with E-state index >= 15 is 0 Å². The van der Waals surface area contributed by atoms with Gasteiger partial charge in [0.15, 0.2) is 0 Å². The van der Waals surface area contributed by atoms with Crippen molar-refractivity contribution in [1.29, 1.82) is 0 Å². The first-order valence-electron chi connectivity index (χ1n) is 12.8. The highest BCUT2D eigenvalue weighted by Gasteiger charge is 2.76. The predicted octanol–water partition coefficient (Wildman–Crippen LogP) is 5.05. The molecule has 0 amide bonds. The van der Waals surface area contributed by atoms with E-state index in [-0.39, 0.29) is 0 Å². The molecule has 0 aromatic rings. The van der Waals surface area contributed by atoms with Crippen LogP contribution < -0.4 is 0 Å². The predicted molar refractivity (Wildman–Crippen MR) is 102 cm³/mol. The van der Waals surface area contributed by atoms with Gasteiger partial charge in [-0.2, -0.15) is 0 Å². The first-order valence-corrected chi connectivity index (χ1v) is 12.8. The van der Waals surface area contributed by atoms with E-state index in [9.17, 15) is 4.79 Å². The van der Waals surface area contributed by atoms with Crippen molar-refractivity contribution in [3.8, 4) is 0 Å². The molecule has 0 unspecified atom stereocenters. The van der Waals surface area contributed by atoms with Gasteiger partial charge in [0.2, 0.25) is 0 Å². The molecule has 10 rings (SSSR count). The van der Waals surface area contributed by atoms with Gasteiger partial charge in [0.1, 0.15) is 5.78 Å². The number of hydrogen-bond acceptors (Lipinski definition) is 1. The summed E-state index contributed by atoms with van der Waals surface area (Å²) in [5.74, 6) is 15.8. The number of carbonyl (C=O) groups is 1. The first kappa shape index (κ1) is 14.6. The summed E-state index contributed by atoms with van der Waals surface area (Å²) in [5, 5.41) is 0. The fourth-order valence-electron chi connectivity index (χ4n) is 13.5. The molecule has 0 spiro atoms. The van der Waals surface area contributed by atoms with Gasteiger partial charge in [0, 0.05) is 11.8 Å². The van der Waals surface area contributed by atoms with Crippen molar-refractivity contribution in [3.05, 3.63) is 0 Å². The van der Waals surface area contributed by atoms with Crippen LogP contribution in [0.2, 0.25) is 0 Å². The second-order valence-electron chi connectivity index (χ2n) is 13.1. The van der Waals surface area contributed by atoms with E-state index in [1.165, 1.54) is 32.1 Å². The van der Waals surface area contributed by atoms with E-state index in [2.05, 4.69) is 0 Å². The minimum absolute atomic E-state index is 0.557. The maximum Gasteiger partial charge on any atom is 0.140 e. The molecule has 10 aliphatic rings. The quantitative estimate of drug-likeness (QED) is 0.551.